The molecule has 2 rings (SSSR count). The Morgan fingerprint density at radius 3 is 3.06 bits per heavy atom. The third-order valence-electron chi connectivity index (χ3n) is 2.59. The van der Waals surface area contributed by atoms with Crippen molar-refractivity contribution in [3.63, 3.8) is 0 Å². The van der Waals surface area contributed by atoms with E-state index in [4.69, 9.17) is 10.5 Å². The predicted octanol–water partition coefficient (Wildman–Crippen LogP) is 1.65. The number of methoxy groups -OCH3 is 1. The van der Waals surface area contributed by atoms with Crippen molar-refractivity contribution in [2.24, 2.45) is 5.73 Å². The number of rotatable bonds is 2. The lowest BCUT2D eigenvalue weighted by Crippen LogP contribution is -1.99. The molecule has 0 saturated heterocycles. The van der Waals surface area contributed by atoms with Crippen LogP contribution in [-0.4, -0.2) is 24.6 Å². The lowest BCUT2D eigenvalue weighted by Gasteiger charge is -1.97. The average Bonchev–Trinajstić information content (AvgIpc) is 2.81. The van der Waals surface area contributed by atoms with Crippen molar-refractivity contribution in [3.05, 3.63) is 35.5 Å². The molecule has 1 aromatic heterocycles. The Balaban J connectivity index is 2.43. The number of esters is 1. The number of H-pyrrole nitrogens is 1. The first-order valence-corrected chi connectivity index (χ1v) is 5.64. The highest BCUT2D eigenvalue weighted by atomic mass is 16.5. The van der Waals surface area contributed by atoms with Gasteiger partial charge in [-0.1, -0.05) is 11.8 Å². The minimum atomic E-state index is -0.353. The zero-order valence-electron chi connectivity index (χ0n) is 10.1. The molecule has 18 heavy (non-hydrogen) atoms. The van der Waals surface area contributed by atoms with E-state index in [1.54, 1.807) is 6.20 Å². The molecule has 3 N–H and O–H groups in total. The van der Waals surface area contributed by atoms with Crippen molar-refractivity contribution in [2.75, 3.05) is 13.7 Å². The summed E-state index contributed by atoms with van der Waals surface area (Å²) in [5.74, 6) is 5.63. The lowest BCUT2D eigenvalue weighted by molar-refractivity contribution is 0.0603. The van der Waals surface area contributed by atoms with E-state index in [0.717, 1.165) is 16.5 Å². The summed E-state index contributed by atoms with van der Waals surface area (Å²) in [7, 11) is 1.37. The molecule has 0 amide bonds. The topological polar surface area (TPSA) is 68.1 Å². The Bertz CT molecular complexity index is 632. The smallest absolute Gasteiger partial charge is 0.340 e. The highest BCUT2D eigenvalue weighted by molar-refractivity contribution is 6.04. The SMILES string of the molecule is COC(=O)c1c[nH]c2ccc(C#CCCN)cc12. The summed E-state index contributed by atoms with van der Waals surface area (Å²) in [5.41, 5.74) is 7.65. The van der Waals surface area contributed by atoms with Crippen molar-refractivity contribution < 1.29 is 9.53 Å². The molecule has 0 fully saturated rings. The van der Waals surface area contributed by atoms with E-state index in [-0.39, 0.29) is 5.97 Å². The number of aromatic nitrogens is 1. The molecule has 0 atom stereocenters. The maximum Gasteiger partial charge on any atom is 0.340 e. The number of hydrogen-bond donors (Lipinski definition) is 2. The Morgan fingerprint density at radius 2 is 2.33 bits per heavy atom. The number of ether oxygens (including phenoxy) is 1. The summed E-state index contributed by atoms with van der Waals surface area (Å²) < 4.78 is 4.73. The van der Waals surface area contributed by atoms with Gasteiger partial charge in [0.2, 0.25) is 0 Å². The van der Waals surface area contributed by atoms with Crippen LogP contribution in [0.5, 0.6) is 0 Å². The second kappa shape index (κ2) is 5.39. The van der Waals surface area contributed by atoms with Gasteiger partial charge in [0.1, 0.15) is 0 Å². The molecule has 0 radical (unpaired) electrons. The van der Waals surface area contributed by atoms with E-state index >= 15 is 0 Å². The van der Waals surface area contributed by atoms with E-state index in [9.17, 15) is 4.79 Å². The molecule has 2 aromatic rings. The van der Waals surface area contributed by atoms with Crippen molar-refractivity contribution in [1.29, 1.82) is 0 Å². The third-order valence-corrected chi connectivity index (χ3v) is 2.59. The zero-order valence-corrected chi connectivity index (χ0v) is 10.1. The number of hydrogen-bond acceptors (Lipinski definition) is 3. The summed E-state index contributed by atoms with van der Waals surface area (Å²) >= 11 is 0. The molecule has 0 bridgehead atoms. The molecular formula is C14H14N2O2. The molecule has 1 aromatic carbocycles. The van der Waals surface area contributed by atoms with Crippen LogP contribution < -0.4 is 5.73 Å². The van der Waals surface area contributed by atoms with E-state index in [0.29, 0.717) is 18.5 Å². The molecule has 1 heterocycles. The minimum absolute atomic E-state index is 0.353. The molecule has 4 heteroatoms. The van der Waals surface area contributed by atoms with Crippen LogP contribution in [0.15, 0.2) is 24.4 Å². The standard InChI is InChI=1S/C14H14N2O2/c1-18-14(17)12-9-16-13-6-5-10(8-11(12)13)4-2-3-7-15/h5-6,8-9,16H,3,7,15H2,1H3. The van der Waals surface area contributed by atoms with E-state index in [2.05, 4.69) is 16.8 Å². The van der Waals surface area contributed by atoms with Gasteiger partial charge in [-0.2, -0.15) is 0 Å². The predicted molar refractivity (Wildman–Crippen MR) is 70.2 cm³/mol. The van der Waals surface area contributed by atoms with Gasteiger partial charge in [-0.25, -0.2) is 4.79 Å². The largest absolute Gasteiger partial charge is 0.465 e. The third kappa shape index (κ3) is 2.36. The van der Waals surface area contributed by atoms with E-state index < -0.39 is 0 Å². The molecular weight excluding hydrogens is 228 g/mol. The fraction of sp³-hybridized carbons (Fsp3) is 0.214. The van der Waals surface area contributed by atoms with Crippen LogP contribution in [-0.2, 0) is 4.74 Å². The molecule has 0 unspecified atom stereocenters. The fourth-order valence-electron chi connectivity index (χ4n) is 1.71. The number of aromatic amines is 1. The van der Waals surface area contributed by atoms with Crippen LogP contribution in [0.3, 0.4) is 0 Å². The highest BCUT2D eigenvalue weighted by Gasteiger charge is 2.11. The molecule has 0 aliphatic rings. The van der Waals surface area contributed by atoms with Gasteiger partial charge >= 0.3 is 5.97 Å². The molecule has 0 aliphatic carbocycles. The van der Waals surface area contributed by atoms with Crippen LogP contribution >= 0.6 is 0 Å². The van der Waals surface area contributed by atoms with Gasteiger partial charge in [0.05, 0.1) is 12.7 Å². The normalized spacial score (nSPS) is 9.89. The molecule has 0 spiro atoms. The van der Waals surface area contributed by atoms with Gasteiger partial charge in [0.25, 0.3) is 0 Å². The molecule has 92 valence electrons. The van der Waals surface area contributed by atoms with Crippen molar-refractivity contribution in [1.82, 2.24) is 4.98 Å². The second-order valence-corrected chi connectivity index (χ2v) is 3.79. The molecule has 0 saturated carbocycles. The van der Waals surface area contributed by atoms with Gasteiger partial charge in [-0.05, 0) is 18.2 Å². The second-order valence-electron chi connectivity index (χ2n) is 3.79. The van der Waals surface area contributed by atoms with E-state index in [1.807, 2.05) is 18.2 Å². The van der Waals surface area contributed by atoms with E-state index in [1.165, 1.54) is 7.11 Å². The summed E-state index contributed by atoms with van der Waals surface area (Å²) in [6.07, 6.45) is 2.31. The van der Waals surface area contributed by atoms with Crippen LogP contribution in [0.2, 0.25) is 0 Å². The Hall–Kier alpha value is -2.25. The maximum absolute atomic E-state index is 11.6. The zero-order chi connectivity index (χ0) is 13.0. The minimum Gasteiger partial charge on any atom is -0.465 e. The summed E-state index contributed by atoms with van der Waals surface area (Å²) in [6.45, 7) is 0.548. The van der Waals surface area contributed by atoms with Crippen LogP contribution in [0, 0.1) is 11.8 Å². The first-order chi connectivity index (χ1) is 8.76. The van der Waals surface area contributed by atoms with Crippen LogP contribution in [0.4, 0.5) is 0 Å². The lowest BCUT2D eigenvalue weighted by atomic mass is 10.1. The molecule has 0 aliphatic heterocycles. The average molecular weight is 242 g/mol. The number of carbonyl (C=O) groups excluding carboxylic acids is 1. The van der Waals surface area contributed by atoms with Crippen LogP contribution in [0.1, 0.15) is 22.3 Å². The van der Waals surface area contributed by atoms with Gasteiger partial charge in [0.15, 0.2) is 0 Å². The van der Waals surface area contributed by atoms with Gasteiger partial charge < -0.3 is 15.5 Å². The maximum atomic E-state index is 11.6. The quantitative estimate of drug-likeness (QED) is 0.621. The summed E-state index contributed by atoms with van der Waals surface area (Å²) in [6, 6.07) is 5.68. The fourth-order valence-corrected chi connectivity index (χ4v) is 1.71. The first-order valence-electron chi connectivity index (χ1n) is 5.64. The number of carbonyl (C=O) groups is 1. The monoisotopic (exact) mass is 242 g/mol. The van der Waals surface area contributed by atoms with Gasteiger partial charge in [0, 0.05) is 35.6 Å². The number of nitrogens with two attached hydrogens (primary N) is 1. The summed E-state index contributed by atoms with van der Waals surface area (Å²) in [5, 5.41) is 0.821. The van der Waals surface area contributed by atoms with Gasteiger partial charge in [-0.15, -0.1) is 0 Å². The van der Waals surface area contributed by atoms with Crippen molar-refractivity contribution in [3.8, 4) is 11.8 Å². The Kier molecular flexibility index (Phi) is 3.66. The highest BCUT2D eigenvalue weighted by Crippen LogP contribution is 2.20. The molecule has 4 nitrogen and oxygen atoms in total. The number of nitrogens with one attached hydrogen (secondary N) is 1. The number of benzene rings is 1. The summed E-state index contributed by atoms with van der Waals surface area (Å²) in [4.78, 5) is 14.6. The first kappa shape index (κ1) is 12.2. The number of fused-ring (bicyclic) bond motifs is 1. The van der Waals surface area contributed by atoms with Crippen molar-refractivity contribution >= 4 is 16.9 Å². The Morgan fingerprint density at radius 1 is 1.50 bits per heavy atom. The van der Waals surface area contributed by atoms with Crippen molar-refractivity contribution in [2.45, 2.75) is 6.42 Å². The van der Waals surface area contributed by atoms with Crippen LogP contribution in [0.25, 0.3) is 10.9 Å². The Labute approximate surface area is 105 Å². The van der Waals surface area contributed by atoms with Gasteiger partial charge in [-0.3, -0.25) is 0 Å².